The number of benzene rings is 1. The van der Waals surface area contributed by atoms with E-state index < -0.39 is 10.0 Å². The molecule has 2 saturated heterocycles. The van der Waals surface area contributed by atoms with Gasteiger partial charge in [-0.15, -0.1) is 0 Å². The highest BCUT2D eigenvalue weighted by molar-refractivity contribution is 7.92. The van der Waals surface area contributed by atoms with Crippen LogP contribution in [0.1, 0.15) is 12.8 Å². The van der Waals surface area contributed by atoms with Crippen LogP contribution in [0.2, 0.25) is 0 Å². The van der Waals surface area contributed by atoms with Gasteiger partial charge in [0, 0.05) is 50.9 Å². The minimum absolute atomic E-state index is 0.00740. The van der Waals surface area contributed by atoms with Crippen LogP contribution in [0.25, 0.3) is 0 Å². The average Bonchev–Trinajstić information content (AvgIpc) is 3.34. The van der Waals surface area contributed by atoms with Crippen LogP contribution in [0, 0.1) is 0 Å². The van der Waals surface area contributed by atoms with Gasteiger partial charge < -0.3 is 19.9 Å². The van der Waals surface area contributed by atoms with E-state index in [2.05, 4.69) is 20.0 Å². The number of aromatic nitrogens is 2. The number of carbonyl (C=O) groups is 1. The molecule has 10 nitrogen and oxygen atoms in total. The molecule has 2 N–H and O–H groups in total. The lowest BCUT2D eigenvalue weighted by atomic mass is 10.2. The third-order valence-corrected chi connectivity index (χ3v) is 7.00. The zero-order valence-corrected chi connectivity index (χ0v) is 18.9. The van der Waals surface area contributed by atoms with Crippen molar-refractivity contribution >= 4 is 44.9 Å². The van der Waals surface area contributed by atoms with E-state index in [-0.39, 0.29) is 22.9 Å². The molecule has 2 aliphatic heterocycles. The summed E-state index contributed by atoms with van der Waals surface area (Å²) >= 11 is 5.50. The van der Waals surface area contributed by atoms with Gasteiger partial charge in [0.25, 0.3) is 15.9 Å². The summed E-state index contributed by atoms with van der Waals surface area (Å²) in [6.07, 6.45) is 4.33. The fourth-order valence-corrected chi connectivity index (χ4v) is 4.82. The minimum atomic E-state index is -3.79. The Morgan fingerprint density at radius 1 is 1.06 bits per heavy atom. The molecular formula is C20H24N6O4S2. The number of rotatable bonds is 5. The summed E-state index contributed by atoms with van der Waals surface area (Å²) in [5.41, 5.74) is 0.669. The van der Waals surface area contributed by atoms with Crippen molar-refractivity contribution in [2.45, 2.75) is 23.8 Å². The smallest absolute Gasteiger partial charge is 0.264 e. The molecule has 1 atom stereocenters. The summed E-state index contributed by atoms with van der Waals surface area (Å²) in [6.45, 7) is 3.08. The van der Waals surface area contributed by atoms with E-state index in [1.807, 2.05) is 9.80 Å². The molecule has 3 heterocycles. The molecule has 1 aromatic heterocycles. The number of hydrogen-bond donors (Lipinski definition) is 2. The summed E-state index contributed by atoms with van der Waals surface area (Å²) in [7, 11) is -3.79. The fourth-order valence-electron chi connectivity index (χ4n) is 3.56. The Labute approximate surface area is 192 Å². The standard InChI is InChI=1S/C20H24N6O4S2/c27-18(17-3-1-14-30-17)25-10-12-26(13-11-25)20(31)23-15-4-6-16(7-5-15)32(28,29)24-19-21-8-2-9-22-19/h2,4-9,17H,1,3,10-14H2,(H,23,31)(H,21,22,24)/t17-/m1/s1. The number of hydrogen-bond acceptors (Lipinski definition) is 7. The van der Waals surface area contributed by atoms with E-state index in [0.717, 1.165) is 12.8 Å². The predicted molar refractivity (Wildman–Crippen MR) is 123 cm³/mol. The highest BCUT2D eigenvalue weighted by Crippen LogP contribution is 2.18. The molecule has 1 amide bonds. The van der Waals surface area contributed by atoms with Crippen LogP contribution in [0.15, 0.2) is 47.6 Å². The lowest BCUT2D eigenvalue weighted by molar-refractivity contribution is -0.142. The third-order valence-electron chi connectivity index (χ3n) is 5.29. The lowest BCUT2D eigenvalue weighted by Crippen LogP contribution is -2.53. The molecule has 2 aliphatic rings. The Morgan fingerprint density at radius 2 is 1.72 bits per heavy atom. The number of piperazine rings is 1. The average molecular weight is 477 g/mol. The van der Waals surface area contributed by atoms with Gasteiger partial charge in [-0.1, -0.05) is 0 Å². The van der Waals surface area contributed by atoms with Crippen LogP contribution in [0.3, 0.4) is 0 Å². The molecule has 0 bridgehead atoms. The molecule has 0 aliphatic carbocycles. The molecule has 4 rings (SSSR count). The molecule has 170 valence electrons. The molecule has 0 spiro atoms. The van der Waals surface area contributed by atoms with Crippen molar-refractivity contribution < 1.29 is 17.9 Å². The van der Waals surface area contributed by atoms with E-state index in [4.69, 9.17) is 17.0 Å². The molecule has 1 aromatic carbocycles. The van der Waals surface area contributed by atoms with E-state index in [9.17, 15) is 13.2 Å². The monoisotopic (exact) mass is 476 g/mol. The van der Waals surface area contributed by atoms with Crippen molar-refractivity contribution in [1.82, 2.24) is 19.8 Å². The van der Waals surface area contributed by atoms with Gasteiger partial charge in [0.2, 0.25) is 5.95 Å². The number of sulfonamides is 1. The van der Waals surface area contributed by atoms with Crippen molar-refractivity contribution in [2.75, 3.05) is 42.8 Å². The largest absolute Gasteiger partial charge is 0.368 e. The maximum atomic E-state index is 12.5. The molecule has 32 heavy (non-hydrogen) atoms. The topological polar surface area (TPSA) is 117 Å². The van der Waals surface area contributed by atoms with Crippen LogP contribution < -0.4 is 10.0 Å². The van der Waals surface area contributed by atoms with Crippen LogP contribution in [-0.4, -0.2) is 78.1 Å². The fraction of sp³-hybridized carbons (Fsp3) is 0.400. The zero-order valence-electron chi connectivity index (χ0n) is 17.3. The summed E-state index contributed by atoms with van der Waals surface area (Å²) in [5.74, 6) is 0.0698. The summed E-state index contributed by atoms with van der Waals surface area (Å²) < 4.78 is 32.8. The molecule has 0 radical (unpaired) electrons. The van der Waals surface area contributed by atoms with Gasteiger partial charge in [0.15, 0.2) is 5.11 Å². The minimum Gasteiger partial charge on any atom is -0.368 e. The summed E-state index contributed by atoms with van der Waals surface area (Å²) in [6, 6.07) is 7.85. The van der Waals surface area contributed by atoms with Gasteiger partial charge >= 0.3 is 0 Å². The first-order chi connectivity index (χ1) is 15.4. The van der Waals surface area contributed by atoms with Crippen molar-refractivity contribution in [2.24, 2.45) is 0 Å². The van der Waals surface area contributed by atoms with E-state index in [1.54, 1.807) is 18.2 Å². The Bertz CT molecular complexity index is 1050. The van der Waals surface area contributed by atoms with Gasteiger partial charge in [-0.25, -0.2) is 23.1 Å². The summed E-state index contributed by atoms with van der Waals surface area (Å²) in [5, 5.41) is 3.66. The molecule has 0 saturated carbocycles. The van der Waals surface area contributed by atoms with Gasteiger partial charge in [-0.05, 0) is 55.4 Å². The predicted octanol–water partition coefficient (Wildman–Crippen LogP) is 1.30. The second-order valence-electron chi connectivity index (χ2n) is 7.45. The number of anilines is 2. The van der Waals surface area contributed by atoms with Gasteiger partial charge in [0.1, 0.15) is 6.10 Å². The number of nitrogens with one attached hydrogen (secondary N) is 2. The van der Waals surface area contributed by atoms with Gasteiger partial charge in [-0.3, -0.25) is 4.79 Å². The maximum absolute atomic E-state index is 12.5. The van der Waals surface area contributed by atoms with Crippen LogP contribution >= 0.6 is 12.2 Å². The summed E-state index contributed by atoms with van der Waals surface area (Å²) in [4.78, 5) is 24.1. The highest BCUT2D eigenvalue weighted by Gasteiger charge is 2.30. The van der Waals surface area contributed by atoms with Crippen molar-refractivity contribution in [3.05, 3.63) is 42.7 Å². The van der Waals surface area contributed by atoms with Crippen molar-refractivity contribution in [3.63, 3.8) is 0 Å². The van der Waals surface area contributed by atoms with Crippen molar-refractivity contribution in [3.8, 4) is 0 Å². The maximum Gasteiger partial charge on any atom is 0.264 e. The molecule has 12 heteroatoms. The Kier molecular flexibility index (Phi) is 6.82. The van der Waals surface area contributed by atoms with E-state index in [1.165, 1.54) is 24.5 Å². The molecule has 2 fully saturated rings. The van der Waals surface area contributed by atoms with Crippen LogP contribution in [0.5, 0.6) is 0 Å². The second-order valence-corrected chi connectivity index (χ2v) is 9.52. The van der Waals surface area contributed by atoms with Crippen LogP contribution in [-0.2, 0) is 19.6 Å². The lowest BCUT2D eigenvalue weighted by Gasteiger charge is -2.37. The van der Waals surface area contributed by atoms with Gasteiger partial charge in [-0.2, -0.15) is 0 Å². The third kappa shape index (κ3) is 5.31. The first-order valence-corrected chi connectivity index (χ1v) is 12.2. The Hall–Kier alpha value is -2.83. The first-order valence-electron chi connectivity index (χ1n) is 10.3. The SMILES string of the molecule is O=C([C@H]1CCCO1)N1CCN(C(=S)Nc2ccc(S(=O)(=O)Nc3ncccn3)cc2)CC1. The van der Waals surface area contributed by atoms with E-state index >= 15 is 0 Å². The van der Waals surface area contributed by atoms with Crippen molar-refractivity contribution in [1.29, 1.82) is 0 Å². The number of ether oxygens (including phenoxy) is 1. The second kappa shape index (κ2) is 9.76. The quantitative estimate of drug-likeness (QED) is 0.616. The number of amides is 1. The van der Waals surface area contributed by atoms with Gasteiger partial charge in [0.05, 0.1) is 4.90 Å². The Balaban J connectivity index is 1.30. The number of carbonyl (C=O) groups excluding carboxylic acids is 1. The Morgan fingerprint density at radius 3 is 2.34 bits per heavy atom. The number of nitrogens with zero attached hydrogens (tertiary/aromatic N) is 4. The highest BCUT2D eigenvalue weighted by atomic mass is 32.2. The normalized spacial score (nSPS) is 18.9. The molecule has 0 unspecified atom stereocenters. The van der Waals surface area contributed by atoms with Crippen LogP contribution in [0.4, 0.5) is 11.6 Å². The van der Waals surface area contributed by atoms with E-state index in [0.29, 0.717) is 43.6 Å². The molecule has 2 aromatic rings. The number of thiocarbonyl (C=S) groups is 1. The zero-order chi connectivity index (χ0) is 22.6. The molecular weight excluding hydrogens is 452 g/mol. The first kappa shape index (κ1) is 22.4.